The second-order valence-electron chi connectivity index (χ2n) is 4.54. The Kier molecular flexibility index (Phi) is 5.89. The molecule has 2 rings (SSSR count). The second kappa shape index (κ2) is 7.71. The lowest BCUT2D eigenvalue weighted by Gasteiger charge is -2.09. The van der Waals surface area contributed by atoms with Gasteiger partial charge in [-0.15, -0.1) is 0 Å². The summed E-state index contributed by atoms with van der Waals surface area (Å²) in [5.41, 5.74) is -0.125. The summed E-state index contributed by atoms with van der Waals surface area (Å²) in [7, 11) is 0. The van der Waals surface area contributed by atoms with Gasteiger partial charge in [-0.25, -0.2) is 13.6 Å². The van der Waals surface area contributed by atoms with E-state index in [1.807, 2.05) is 0 Å². The molecule has 9 heteroatoms. The number of carbonyl (C=O) groups is 2. The van der Waals surface area contributed by atoms with Gasteiger partial charge in [-0.05, 0) is 40.2 Å². The Hall–Kier alpha value is -2.00. The van der Waals surface area contributed by atoms with E-state index in [2.05, 4.69) is 37.2 Å². The summed E-state index contributed by atoms with van der Waals surface area (Å²) in [6, 6.07) is 5.67. The topological polar surface area (TPSA) is 75.6 Å². The van der Waals surface area contributed by atoms with Gasteiger partial charge in [0.2, 0.25) is 0 Å². The zero-order valence-corrected chi connectivity index (χ0v) is 14.9. The van der Waals surface area contributed by atoms with Crippen LogP contribution in [0.3, 0.4) is 0 Å². The van der Waals surface area contributed by atoms with Gasteiger partial charge < -0.3 is 15.2 Å². The number of hydrogen-bond donors (Lipinski definition) is 2. The minimum Gasteiger partial charge on any atom is -0.506 e. The number of benzene rings is 2. The first kappa shape index (κ1) is 18.3. The number of nitrogens with one attached hydrogen (secondary N) is 1. The molecule has 2 aromatic rings. The molecule has 0 spiro atoms. The van der Waals surface area contributed by atoms with Crippen LogP contribution >= 0.6 is 31.9 Å². The van der Waals surface area contributed by atoms with E-state index < -0.39 is 30.1 Å². The number of hydrogen-bond acceptors (Lipinski definition) is 4. The van der Waals surface area contributed by atoms with Crippen LogP contribution in [0.4, 0.5) is 14.5 Å². The van der Waals surface area contributed by atoms with Crippen LogP contribution in [-0.2, 0) is 9.53 Å². The fourth-order valence-electron chi connectivity index (χ4n) is 1.70. The summed E-state index contributed by atoms with van der Waals surface area (Å²) in [4.78, 5) is 23.6. The summed E-state index contributed by atoms with van der Waals surface area (Å²) < 4.78 is 31.4. The molecule has 0 radical (unpaired) electrons. The fourth-order valence-corrected chi connectivity index (χ4v) is 2.93. The standard InChI is InChI=1S/C15H9Br2F2NO4/c16-7-3-9(14(22)10(17)4-7)15(23)24-6-13(21)20-8-1-2-11(18)12(19)5-8/h1-5,22H,6H2,(H,20,21). The lowest BCUT2D eigenvalue weighted by molar-refractivity contribution is -0.119. The van der Waals surface area contributed by atoms with E-state index in [0.717, 1.165) is 18.2 Å². The third-order valence-corrected chi connectivity index (χ3v) is 3.85. The number of amides is 1. The van der Waals surface area contributed by atoms with Gasteiger partial charge >= 0.3 is 5.97 Å². The molecule has 0 aromatic heterocycles. The van der Waals surface area contributed by atoms with Crippen molar-refractivity contribution in [2.75, 3.05) is 11.9 Å². The highest BCUT2D eigenvalue weighted by Crippen LogP contribution is 2.32. The van der Waals surface area contributed by atoms with Gasteiger partial charge in [0.25, 0.3) is 5.91 Å². The molecule has 0 aliphatic carbocycles. The van der Waals surface area contributed by atoms with Crippen LogP contribution < -0.4 is 5.32 Å². The summed E-state index contributed by atoms with van der Waals surface area (Å²) in [6.45, 7) is -0.665. The first-order chi connectivity index (χ1) is 11.3. The Morgan fingerprint density at radius 3 is 2.50 bits per heavy atom. The van der Waals surface area contributed by atoms with E-state index in [4.69, 9.17) is 4.74 Å². The number of carbonyl (C=O) groups excluding carboxylic acids is 2. The molecular weight excluding hydrogens is 456 g/mol. The lowest BCUT2D eigenvalue weighted by atomic mass is 10.2. The minimum absolute atomic E-state index is 0.0167. The van der Waals surface area contributed by atoms with Gasteiger partial charge in [0.05, 0.1) is 4.47 Å². The predicted octanol–water partition coefficient (Wildman–Crippen LogP) is 3.99. The Morgan fingerprint density at radius 1 is 1.12 bits per heavy atom. The van der Waals surface area contributed by atoms with Crippen LogP contribution in [0.2, 0.25) is 0 Å². The van der Waals surface area contributed by atoms with Crippen LogP contribution in [0.1, 0.15) is 10.4 Å². The van der Waals surface area contributed by atoms with Crippen LogP contribution in [0.5, 0.6) is 5.75 Å². The van der Waals surface area contributed by atoms with E-state index in [0.29, 0.717) is 4.47 Å². The van der Waals surface area contributed by atoms with Crippen molar-refractivity contribution in [2.45, 2.75) is 0 Å². The highest BCUT2D eigenvalue weighted by Gasteiger charge is 2.17. The molecule has 5 nitrogen and oxygen atoms in total. The molecule has 0 aliphatic heterocycles. The Balaban J connectivity index is 1.98. The first-order valence-electron chi connectivity index (χ1n) is 6.38. The molecule has 0 saturated carbocycles. The van der Waals surface area contributed by atoms with Crippen LogP contribution in [-0.4, -0.2) is 23.6 Å². The van der Waals surface area contributed by atoms with E-state index in [9.17, 15) is 23.5 Å². The average molecular weight is 465 g/mol. The van der Waals surface area contributed by atoms with Crippen molar-refractivity contribution < 1.29 is 28.2 Å². The fraction of sp³-hybridized carbons (Fsp3) is 0.0667. The highest BCUT2D eigenvalue weighted by molar-refractivity contribution is 9.11. The summed E-state index contributed by atoms with van der Waals surface area (Å²) in [6.07, 6.45) is 0. The summed E-state index contributed by atoms with van der Waals surface area (Å²) >= 11 is 6.23. The van der Waals surface area contributed by atoms with Gasteiger partial charge in [0.15, 0.2) is 18.2 Å². The second-order valence-corrected chi connectivity index (χ2v) is 6.31. The highest BCUT2D eigenvalue weighted by atomic mass is 79.9. The van der Waals surface area contributed by atoms with E-state index in [1.54, 1.807) is 0 Å². The third kappa shape index (κ3) is 4.51. The smallest absolute Gasteiger partial charge is 0.342 e. The Labute approximate surface area is 151 Å². The van der Waals surface area contributed by atoms with Crippen LogP contribution in [0, 0.1) is 11.6 Å². The van der Waals surface area contributed by atoms with Gasteiger partial charge in [-0.3, -0.25) is 4.79 Å². The number of esters is 1. The molecule has 126 valence electrons. The largest absolute Gasteiger partial charge is 0.506 e. The maximum atomic E-state index is 13.0. The van der Waals surface area contributed by atoms with Crippen LogP contribution in [0.25, 0.3) is 0 Å². The third-order valence-electron chi connectivity index (χ3n) is 2.79. The van der Waals surface area contributed by atoms with Gasteiger partial charge in [-0.1, -0.05) is 15.9 Å². The molecule has 1 amide bonds. The van der Waals surface area contributed by atoms with Crippen molar-refractivity contribution in [3.63, 3.8) is 0 Å². The molecule has 0 heterocycles. The summed E-state index contributed by atoms with van der Waals surface area (Å²) in [5, 5.41) is 12.1. The van der Waals surface area contributed by atoms with Crippen molar-refractivity contribution in [3.05, 3.63) is 56.5 Å². The lowest BCUT2D eigenvalue weighted by Crippen LogP contribution is -2.21. The molecule has 2 aromatic carbocycles. The molecule has 0 unspecified atom stereocenters. The number of halogens is 4. The SMILES string of the molecule is O=C(COC(=O)c1cc(Br)cc(Br)c1O)Nc1ccc(F)c(F)c1. The average Bonchev–Trinajstić information content (AvgIpc) is 2.52. The molecule has 0 bridgehead atoms. The van der Waals surface area contributed by atoms with E-state index in [1.165, 1.54) is 12.1 Å². The summed E-state index contributed by atoms with van der Waals surface area (Å²) in [5.74, 6) is -4.16. The molecule has 0 saturated heterocycles. The predicted molar refractivity (Wildman–Crippen MR) is 88.8 cm³/mol. The Bertz CT molecular complexity index is 814. The van der Waals surface area contributed by atoms with Crippen molar-refractivity contribution >= 4 is 49.4 Å². The molecular formula is C15H9Br2F2NO4. The Morgan fingerprint density at radius 2 is 1.83 bits per heavy atom. The van der Waals surface area contributed by atoms with Gasteiger partial charge in [0, 0.05) is 16.2 Å². The number of phenolic OH excluding ortho intramolecular Hbond substituents is 1. The first-order valence-corrected chi connectivity index (χ1v) is 7.96. The van der Waals surface area contributed by atoms with Gasteiger partial charge in [0.1, 0.15) is 11.3 Å². The number of rotatable bonds is 4. The minimum atomic E-state index is -1.12. The van der Waals surface area contributed by atoms with Crippen molar-refractivity contribution in [1.82, 2.24) is 0 Å². The van der Waals surface area contributed by atoms with Crippen LogP contribution in [0.15, 0.2) is 39.3 Å². The van der Waals surface area contributed by atoms with E-state index >= 15 is 0 Å². The van der Waals surface area contributed by atoms with Crippen molar-refractivity contribution in [2.24, 2.45) is 0 Å². The normalized spacial score (nSPS) is 10.3. The molecule has 0 aliphatic rings. The van der Waals surface area contributed by atoms with Crippen molar-refractivity contribution in [1.29, 1.82) is 0 Å². The zero-order chi connectivity index (χ0) is 17.9. The van der Waals surface area contributed by atoms with E-state index in [-0.39, 0.29) is 21.5 Å². The monoisotopic (exact) mass is 463 g/mol. The number of phenols is 1. The number of ether oxygens (including phenoxy) is 1. The van der Waals surface area contributed by atoms with Gasteiger partial charge in [-0.2, -0.15) is 0 Å². The number of anilines is 1. The molecule has 2 N–H and O–H groups in total. The quantitative estimate of drug-likeness (QED) is 0.671. The molecule has 24 heavy (non-hydrogen) atoms. The maximum Gasteiger partial charge on any atom is 0.342 e. The van der Waals surface area contributed by atoms with Crippen molar-refractivity contribution in [3.8, 4) is 5.75 Å². The molecule has 0 atom stereocenters. The maximum absolute atomic E-state index is 13.0. The number of aromatic hydroxyl groups is 1. The molecule has 0 fully saturated rings. The zero-order valence-electron chi connectivity index (χ0n) is 11.8.